The molecule has 3 aromatic carbocycles. The highest BCUT2D eigenvalue weighted by Gasteiger charge is 2.35. The summed E-state index contributed by atoms with van der Waals surface area (Å²) in [6.45, 7) is 1.95. The van der Waals surface area contributed by atoms with Crippen LogP contribution < -0.4 is 5.63 Å². The highest BCUT2D eigenvalue weighted by molar-refractivity contribution is 6.16. The quantitative estimate of drug-likeness (QED) is 0.304. The molecule has 3 nitrogen and oxygen atoms in total. The van der Waals surface area contributed by atoms with Gasteiger partial charge in [-0.2, -0.15) is 13.2 Å². The summed E-state index contributed by atoms with van der Waals surface area (Å²) in [5, 5.41) is 0.897. The first-order chi connectivity index (χ1) is 15.4. The third-order valence-electron chi connectivity index (χ3n) is 5.67. The molecule has 2 aromatic heterocycles. The van der Waals surface area contributed by atoms with Gasteiger partial charge in [-0.3, -0.25) is 0 Å². The number of rotatable bonds is 3. The van der Waals surface area contributed by atoms with Gasteiger partial charge in [0.15, 0.2) is 0 Å². The van der Waals surface area contributed by atoms with Crippen molar-refractivity contribution < 1.29 is 17.6 Å². The van der Waals surface area contributed by atoms with Crippen LogP contribution in [-0.4, -0.2) is 4.57 Å². The van der Waals surface area contributed by atoms with Crippen molar-refractivity contribution in [2.24, 2.45) is 0 Å². The van der Waals surface area contributed by atoms with E-state index in [1.807, 2.05) is 48.5 Å². The summed E-state index contributed by atoms with van der Waals surface area (Å²) < 4.78 is 48.9. The molecule has 5 rings (SSSR count). The van der Waals surface area contributed by atoms with E-state index in [0.717, 1.165) is 11.6 Å². The van der Waals surface area contributed by atoms with Crippen molar-refractivity contribution in [3.8, 4) is 22.3 Å². The van der Waals surface area contributed by atoms with Crippen LogP contribution in [0.4, 0.5) is 13.2 Å². The van der Waals surface area contributed by atoms with E-state index in [9.17, 15) is 18.0 Å². The van der Waals surface area contributed by atoms with Crippen molar-refractivity contribution in [1.29, 1.82) is 0 Å². The number of hydrogen-bond donors (Lipinski definition) is 0. The maximum atomic E-state index is 13.9. The molecule has 6 heteroatoms. The third-order valence-corrected chi connectivity index (χ3v) is 5.67. The van der Waals surface area contributed by atoms with E-state index in [4.69, 9.17) is 4.42 Å². The molecule has 0 saturated carbocycles. The van der Waals surface area contributed by atoms with E-state index in [0.29, 0.717) is 27.5 Å². The number of hydrogen-bond acceptors (Lipinski definition) is 2. The summed E-state index contributed by atoms with van der Waals surface area (Å²) in [6.07, 6.45) is -4.55. The second kappa shape index (κ2) is 7.41. The second-order valence-electron chi connectivity index (χ2n) is 7.50. The van der Waals surface area contributed by atoms with Gasteiger partial charge in [0.25, 0.3) is 0 Å². The van der Waals surface area contributed by atoms with Crippen LogP contribution in [0.1, 0.15) is 12.5 Å². The van der Waals surface area contributed by atoms with E-state index in [2.05, 4.69) is 0 Å². The summed E-state index contributed by atoms with van der Waals surface area (Å²) in [5.74, 6) is 0. The maximum Gasteiger partial charge on any atom is 0.418 e. The molecule has 0 bridgehead atoms. The van der Waals surface area contributed by atoms with Crippen LogP contribution in [0, 0.1) is 0 Å². The lowest BCUT2D eigenvalue weighted by Crippen LogP contribution is -2.09. The molecule has 2 heterocycles. The Kier molecular flexibility index (Phi) is 4.66. The van der Waals surface area contributed by atoms with E-state index < -0.39 is 17.4 Å². The van der Waals surface area contributed by atoms with Crippen LogP contribution in [0.15, 0.2) is 88.1 Å². The van der Waals surface area contributed by atoms with Crippen LogP contribution >= 0.6 is 0 Å². The lowest BCUT2D eigenvalue weighted by Gasteiger charge is -2.11. The third kappa shape index (κ3) is 3.02. The molecule has 160 valence electrons. The SMILES string of the molecule is CCn1c2oc(=O)c(-c3ccccc3)c(-c3ccccc3)c2c2cccc(C(F)(F)F)c21. The Morgan fingerprint density at radius 1 is 0.812 bits per heavy atom. The first-order valence-electron chi connectivity index (χ1n) is 10.2. The predicted molar refractivity (Wildman–Crippen MR) is 120 cm³/mol. The molecule has 0 aliphatic heterocycles. The number of benzene rings is 3. The van der Waals surface area contributed by atoms with Crippen molar-refractivity contribution in [1.82, 2.24) is 4.57 Å². The van der Waals surface area contributed by atoms with Crippen LogP contribution in [0.2, 0.25) is 0 Å². The van der Waals surface area contributed by atoms with Crippen molar-refractivity contribution in [2.75, 3.05) is 0 Å². The van der Waals surface area contributed by atoms with Gasteiger partial charge in [0.1, 0.15) is 0 Å². The van der Waals surface area contributed by atoms with Crippen molar-refractivity contribution >= 4 is 22.0 Å². The van der Waals surface area contributed by atoms with Gasteiger partial charge in [0, 0.05) is 17.5 Å². The summed E-state index contributed by atoms with van der Waals surface area (Å²) in [7, 11) is 0. The minimum Gasteiger partial charge on any atom is -0.405 e. The summed E-state index contributed by atoms with van der Waals surface area (Å²) in [4.78, 5) is 13.3. The Bertz CT molecular complexity index is 1500. The molecule has 5 aromatic rings. The molecule has 0 aliphatic carbocycles. The van der Waals surface area contributed by atoms with Crippen LogP contribution in [-0.2, 0) is 12.7 Å². The number of aryl methyl sites for hydroxylation is 1. The van der Waals surface area contributed by atoms with Gasteiger partial charge in [-0.25, -0.2) is 4.79 Å². The molecule has 0 unspecified atom stereocenters. The summed E-state index contributed by atoms with van der Waals surface area (Å²) >= 11 is 0. The highest BCUT2D eigenvalue weighted by Crippen LogP contribution is 2.44. The van der Waals surface area contributed by atoms with E-state index >= 15 is 0 Å². The van der Waals surface area contributed by atoms with E-state index in [-0.39, 0.29) is 17.8 Å². The lowest BCUT2D eigenvalue weighted by atomic mass is 9.93. The Hall–Kier alpha value is -3.80. The van der Waals surface area contributed by atoms with Gasteiger partial charge in [0.2, 0.25) is 5.71 Å². The molecular weight excluding hydrogens is 415 g/mol. The monoisotopic (exact) mass is 433 g/mol. The Labute approximate surface area is 181 Å². The maximum absolute atomic E-state index is 13.9. The fourth-order valence-corrected chi connectivity index (χ4v) is 4.39. The summed E-state index contributed by atoms with van der Waals surface area (Å²) in [5.41, 5.74) is 1.09. The molecule has 32 heavy (non-hydrogen) atoms. The topological polar surface area (TPSA) is 35.1 Å². The van der Waals surface area contributed by atoms with Crippen molar-refractivity contribution in [2.45, 2.75) is 19.6 Å². The zero-order valence-electron chi connectivity index (χ0n) is 17.1. The predicted octanol–water partition coefficient (Wildman–Crippen LogP) is 7.12. The van der Waals surface area contributed by atoms with E-state index in [1.54, 1.807) is 25.1 Å². The number of halogens is 3. The van der Waals surface area contributed by atoms with Gasteiger partial charge in [0.05, 0.1) is 22.0 Å². The average molecular weight is 433 g/mol. The molecule has 0 N–H and O–H groups in total. The van der Waals surface area contributed by atoms with Gasteiger partial charge < -0.3 is 8.98 Å². The van der Waals surface area contributed by atoms with Crippen molar-refractivity contribution in [3.05, 3.63) is 94.8 Å². The number of aromatic nitrogens is 1. The van der Waals surface area contributed by atoms with Crippen LogP contribution in [0.5, 0.6) is 0 Å². The van der Waals surface area contributed by atoms with Gasteiger partial charge in [-0.1, -0.05) is 72.8 Å². The van der Waals surface area contributed by atoms with Gasteiger partial charge in [-0.15, -0.1) is 0 Å². The normalized spacial score (nSPS) is 12.0. The molecule has 0 radical (unpaired) electrons. The largest absolute Gasteiger partial charge is 0.418 e. The number of fused-ring (bicyclic) bond motifs is 3. The molecular formula is C26H18F3NO2. The number of alkyl halides is 3. The Morgan fingerprint density at radius 2 is 1.41 bits per heavy atom. The molecule has 0 atom stereocenters. The molecule has 0 spiro atoms. The number of nitrogens with zero attached hydrogens (tertiary/aromatic N) is 1. The minimum absolute atomic E-state index is 0.0167. The first-order valence-corrected chi connectivity index (χ1v) is 10.2. The summed E-state index contributed by atoms with van der Waals surface area (Å²) in [6, 6.07) is 22.4. The number of para-hydroxylation sites is 1. The van der Waals surface area contributed by atoms with Crippen LogP contribution in [0.3, 0.4) is 0 Å². The lowest BCUT2D eigenvalue weighted by molar-refractivity contribution is -0.136. The Balaban J connectivity index is 2.07. The Morgan fingerprint density at radius 3 is 1.97 bits per heavy atom. The fraction of sp³-hybridized carbons (Fsp3) is 0.115. The van der Waals surface area contributed by atoms with Crippen LogP contribution in [0.25, 0.3) is 44.3 Å². The molecule has 0 amide bonds. The smallest absolute Gasteiger partial charge is 0.405 e. The highest BCUT2D eigenvalue weighted by atomic mass is 19.4. The van der Waals surface area contributed by atoms with Gasteiger partial charge >= 0.3 is 11.8 Å². The van der Waals surface area contributed by atoms with Gasteiger partial charge in [-0.05, 0) is 24.1 Å². The zero-order chi connectivity index (χ0) is 22.5. The van der Waals surface area contributed by atoms with E-state index in [1.165, 1.54) is 10.6 Å². The zero-order valence-corrected chi connectivity index (χ0v) is 17.1. The molecule has 0 saturated heterocycles. The fourth-order valence-electron chi connectivity index (χ4n) is 4.39. The second-order valence-corrected chi connectivity index (χ2v) is 7.50. The van der Waals surface area contributed by atoms with Crippen molar-refractivity contribution in [3.63, 3.8) is 0 Å². The first kappa shape index (κ1) is 20.1. The minimum atomic E-state index is -4.55. The average Bonchev–Trinajstić information content (AvgIpc) is 3.11. The molecule has 0 aliphatic rings. The molecule has 0 fully saturated rings. The standard InChI is InChI=1S/C26H18F3NO2/c1-2-30-23-18(14-9-15-19(23)26(27,28)29)22-20(16-10-5-3-6-11-16)21(25(31)32-24(22)30)17-12-7-4-8-13-17/h3-15H,2H2,1H3.